The van der Waals surface area contributed by atoms with Crippen molar-refractivity contribution in [3.8, 4) is 11.4 Å². The van der Waals surface area contributed by atoms with Gasteiger partial charge < -0.3 is 15.2 Å². The molecule has 2 N–H and O–H groups in total. The standard InChI is InChI=1S/C15H19N5O4/c1-10-17-18-19-20(10)12-9-11(7-8-13(12)24-2)16-14(21)5-3-4-6-15(22)23/h7-9H,3-6H2,1-2H3,(H,16,21)(H,22,23). The third-order valence-electron chi connectivity index (χ3n) is 3.36. The van der Waals surface area contributed by atoms with E-state index >= 15 is 0 Å². The Morgan fingerprint density at radius 2 is 2.04 bits per heavy atom. The smallest absolute Gasteiger partial charge is 0.303 e. The average Bonchev–Trinajstić information content (AvgIpc) is 2.97. The Morgan fingerprint density at radius 3 is 2.67 bits per heavy atom. The average molecular weight is 333 g/mol. The minimum Gasteiger partial charge on any atom is -0.494 e. The molecule has 0 saturated carbocycles. The lowest BCUT2D eigenvalue weighted by molar-refractivity contribution is -0.137. The largest absolute Gasteiger partial charge is 0.494 e. The molecule has 0 radical (unpaired) electrons. The number of nitrogens with zero attached hydrogens (tertiary/aromatic N) is 4. The Morgan fingerprint density at radius 1 is 1.29 bits per heavy atom. The molecule has 1 heterocycles. The number of aliphatic carboxylic acids is 1. The number of aromatic nitrogens is 4. The number of aryl methyl sites for hydroxylation is 1. The zero-order valence-electron chi connectivity index (χ0n) is 13.5. The van der Waals surface area contributed by atoms with Crippen LogP contribution in [0.15, 0.2) is 18.2 Å². The van der Waals surface area contributed by atoms with Crippen LogP contribution in [0.3, 0.4) is 0 Å². The number of carbonyl (C=O) groups is 2. The number of tetrazole rings is 1. The molecule has 0 saturated heterocycles. The summed E-state index contributed by atoms with van der Waals surface area (Å²) in [5.41, 5.74) is 1.20. The van der Waals surface area contributed by atoms with Crippen molar-refractivity contribution < 1.29 is 19.4 Å². The van der Waals surface area contributed by atoms with Crippen molar-refractivity contribution in [2.45, 2.75) is 32.6 Å². The molecule has 1 amide bonds. The van der Waals surface area contributed by atoms with Crippen LogP contribution < -0.4 is 10.1 Å². The van der Waals surface area contributed by atoms with Crippen LogP contribution in [0.25, 0.3) is 5.69 Å². The lowest BCUT2D eigenvalue weighted by Crippen LogP contribution is -2.12. The van der Waals surface area contributed by atoms with E-state index in [0.717, 1.165) is 0 Å². The highest BCUT2D eigenvalue weighted by molar-refractivity contribution is 5.91. The highest BCUT2D eigenvalue weighted by Gasteiger charge is 2.12. The lowest BCUT2D eigenvalue weighted by atomic mass is 10.2. The molecule has 0 spiro atoms. The van der Waals surface area contributed by atoms with Crippen LogP contribution >= 0.6 is 0 Å². The van der Waals surface area contributed by atoms with Crippen LogP contribution in [0, 0.1) is 6.92 Å². The van der Waals surface area contributed by atoms with Crippen molar-refractivity contribution in [3.63, 3.8) is 0 Å². The van der Waals surface area contributed by atoms with Gasteiger partial charge in [-0.05, 0) is 48.4 Å². The summed E-state index contributed by atoms with van der Waals surface area (Å²) in [5, 5.41) is 22.7. The van der Waals surface area contributed by atoms with Crippen LogP contribution in [0.5, 0.6) is 5.75 Å². The first-order valence-electron chi connectivity index (χ1n) is 7.46. The third-order valence-corrected chi connectivity index (χ3v) is 3.36. The Kier molecular flexibility index (Phi) is 5.83. The van der Waals surface area contributed by atoms with Gasteiger partial charge in [0.2, 0.25) is 5.91 Å². The fourth-order valence-corrected chi connectivity index (χ4v) is 2.17. The summed E-state index contributed by atoms with van der Waals surface area (Å²) >= 11 is 0. The van der Waals surface area contributed by atoms with Crippen LogP contribution in [-0.2, 0) is 9.59 Å². The summed E-state index contributed by atoms with van der Waals surface area (Å²) in [7, 11) is 1.54. The number of benzene rings is 1. The predicted molar refractivity (Wildman–Crippen MR) is 85.2 cm³/mol. The number of ether oxygens (including phenoxy) is 1. The number of carbonyl (C=O) groups excluding carboxylic acids is 1. The summed E-state index contributed by atoms with van der Waals surface area (Å²) in [6, 6.07) is 5.16. The molecule has 0 aliphatic carbocycles. The molecule has 9 heteroatoms. The number of nitrogens with one attached hydrogen (secondary N) is 1. The molecular weight excluding hydrogens is 314 g/mol. The fraction of sp³-hybridized carbons (Fsp3) is 0.400. The molecule has 1 aromatic carbocycles. The SMILES string of the molecule is COc1ccc(NC(=O)CCCCC(=O)O)cc1-n1nnnc1C. The first-order valence-corrected chi connectivity index (χ1v) is 7.46. The first kappa shape index (κ1) is 17.4. The molecule has 2 aromatic rings. The second-order valence-electron chi connectivity index (χ2n) is 5.17. The maximum Gasteiger partial charge on any atom is 0.303 e. The summed E-state index contributed by atoms with van der Waals surface area (Å²) in [6.45, 7) is 1.76. The number of anilines is 1. The lowest BCUT2D eigenvalue weighted by Gasteiger charge is -2.11. The third kappa shape index (κ3) is 4.51. The quantitative estimate of drug-likeness (QED) is 0.703. The van der Waals surface area contributed by atoms with Crippen LogP contribution in [0.2, 0.25) is 0 Å². The van der Waals surface area contributed by atoms with Gasteiger partial charge in [-0.25, -0.2) is 0 Å². The van der Waals surface area contributed by atoms with Gasteiger partial charge in [-0.1, -0.05) is 0 Å². The van der Waals surface area contributed by atoms with Crippen LogP contribution in [0.4, 0.5) is 5.69 Å². The summed E-state index contributed by atoms with van der Waals surface area (Å²) in [6.07, 6.45) is 1.32. The Labute approximate surface area is 138 Å². The van der Waals surface area contributed by atoms with E-state index in [1.807, 2.05) is 0 Å². The minimum absolute atomic E-state index is 0.0680. The maximum atomic E-state index is 11.9. The molecule has 0 atom stereocenters. The second kappa shape index (κ2) is 8.04. The first-order chi connectivity index (χ1) is 11.5. The van der Waals surface area contributed by atoms with Gasteiger partial charge in [0.25, 0.3) is 0 Å². The van der Waals surface area contributed by atoms with Crippen molar-refractivity contribution in [1.82, 2.24) is 20.2 Å². The van der Waals surface area contributed by atoms with Crippen molar-refractivity contribution in [2.75, 3.05) is 12.4 Å². The van der Waals surface area contributed by atoms with Crippen molar-refractivity contribution in [3.05, 3.63) is 24.0 Å². The zero-order valence-corrected chi connectivity index (χ0v) is 13.5. The highest BCUT2D eigenvalue weighted by Crippen LogP contribution is 2.26. The van der Waals surface area contributed by atoms with Crippen molar-refractivity contribution >= 4 is 17.6 Å². The number of amides is 1. The van der Waals surface area contributed by atoms with Crippen molar-refractivity contribution in [2.24, 2.45) is 0 Å². The molecule has 0 fully saturated rings. The topological polar surface area (TPSA) is 119 Å². The van der Waals surface area contributed by atoms with Crippen LogP contribution in [0.1, 0.15) is 31.5 Å². The van der Waals surface area contributed by atoms with E-state index in [1.54, 1.807) is 32.2 Å². The highest BCUT2D eigenvalue weighted by atomic mass is 16.5. The van der Waals surface area contributed by atoms with E-state index in [4.69, 9.17) is 9.84 Å². The zero-order chi connectivity index (χ0) is 17.5. The summed E-state index contributed by atoms with van der Waals surface area (Å²) in [5.74, 6) is 0.132. The number of hydrogen-bond donors (Lipinski definition) is 2. The minimum atomic E-state index is -0.855. The van der Waals surface area contributed by atoms with Crippen LogP contribution in [-0.4, -0.2) is 44.3 Å². The van der Waals surface area contributed by atoms with Gasteiger partial charge in [-0.15, -0.1) is 5.10 Å². The molecule has 0 aliphatic rings. The van der Waals surface area contributed by atoms with Gasteiger partial charge in [0, 0.05) is 18.5 Å². The van der Waals surface area contributed by atoms with E-state index in [-0.39, 0.29) is 18.7 Å². The summed E-state index contributed by atoms with van der Waals surface area (Å²) in [4.78, 5) is 22.4. The predicted octanol–water partition coefficient (Wildman–Crippen LogP) is 1.56. The molecule has 0 aliphatic heterocycles. The summed E-state index contributed by atoms with van der Waals surface area (Å²) < 4.78 is 6.82. The van der Waals surface area contributed by atoms with E-state index < -0.39 is 5.97 Å². The van der Waals surface area contributed by atoms with E-state index in [9.17, 15) is 9.59 Å². The number of carboxylic acid groups (broad SMARTS) is 1. The monoisotopic (exact) mass is 333 g/mol. The Balaban J connectivity index is 2.05. The molecule has 9 nitrogen and oxygen atoms in total. The van der Waals surface area contributed by atoms with E-state index in [0.29, 0.717) is 35.8 Å². The molecule has 1 aromatic heterocycles. The Hall–Kier alpha value is -2.97. The number of methoxy groups -OCH3 is 1. The van der Waals surface area contributed by atoms with E-state index in [2.05, 4.69) is 20.8 Å². The van der Waals surface area contributed by atoms with Gasteiger partial charge in [0.1, 0.15) is 11.4 Å². The Bertz CT molecular complexity index is 728. The van der Waals surface area contributed by atoms with Gasteiger partial charge >= 0.3 is 5.97 Å². The number of hydrogen-bond acceptors (Lipinski definition) is 6. The number of unbranched alkanes of at least 4 members (excludes halogenated alkanes) is 1. The van der Waals surface area contributed by atoms with Gasteiger partial charge in [0.15, 0.2) is 5.82 Å². The molecule has 24 heavy (non-hydrogen) atoms. The number of carboxylic acids is 1. The van der Waals surface area contributed by atoms with Gasteiger partial charge in [-0.3, -0.25) is 9.59 Å². The molecule has 2 rings (SSSR count). The van der Waals surface area contributed by atoms with Gasteiger partial charge in [-0.2, -0.15) is 4.68 Å². The molecular formula is C15H19N5O4. The normalized spacial score (nSPS) is 10.4. The molecule has 0 bridgehead atoms. The second-order valence-corrected chi connectivity index (χ2v) is 5.17. The maximum absolute atomic E-state index is 11.9. The van der Waals surface area contributed by atoms with Gasteiger partial charge in [0.05, 0.1) is 7.11 Å². The molecule has 0 unspecified atom stereocenters. The number of rotatable bonds is 8. The molecule has 128 valence electrons. The van der Waals surface area contributed by atoms with Crippen molar-refractivity contribution in [1.29, 1.82) is 0 Å². The van der Waals surface area contributed by atoms with E-state index in [1.165, 1.54) is 4.68 Å². The fourth-order valence-electron chi connectivity index (χ4n) is 2.17.